The van der Waals surface area contributed by atoms with Crippen LogP contribution in [-0.2, 0) is 27.2 Å². The summed E-state index contributed by atoms with van der Waals surface area (Å²) < 4.78 is 57.7. The zero-order valence-corrected chi connectivity index (χ0v) is 20.5. The summed E-state index contributed by atoms with van der Waals surface area (Å²) in [4.78, 5) is 2.46. The maximum absolute atomic E-state index is 12.3. The van der Waals surface area contributed by atoms with E-state index in [-0.39, 0.29) is 9.79 Å². The monoisotopic (exact) mass is 499 g/mol. The van der Waals surface area contributed by atoms with Crippen molar-refractivity contribution in [1.82, 2.24) is 4.83 Å². The molecule has 3 aromatic carbocycles. The van der Waals surface area contributed by atoms with E-state index in [4.69, 9.17) is 0 Å². The van der Waals surface area contributed by atoms with Crippen LogP contribution in [0.4, 0.5) is 5.82 Å². The van der Waals surface area contributed by atoms with Crippen LogP contribution in [0.1, 0.15) is 11.1 Å². The Hall–Kier alpha value is -3.31. The fourth-order valence-corrected chi connectivity index (χ4v) is 4.39. The van der Waals surface area contributed by atoms with Gasteiger partial charge < -0.3 is 4.55 Å². The van der Waals surface area contributed by atoms with Crippen molar-refractivity contribution in [3.8, 4) is 0 Å². The summed E-state index contributed by atoms with van der Waals surface area (Å²) in [6, 6.07) is 24.2. The lowest BCUT2D eigenvalue weighted by Gasteiger charge is -2.08. The second kappa shape index (κ2) is 10.3. The van der Waals surface area contributed by atoms with E-state index in [0.29, 0.717) is 5.82 Å². The Balaban J connectivity index is 0.000000248. The number of rotatable bonds is 5. The zero-order chi connectivity index (χ0) is 24.9. The molecule has 0 fully saturated rings. The highest BCUT2D eigenvalue weighted by molar-refractivity contribution is 7.89. The lowest BCUT2D eigenvalue weighted by Crippen LogP contribution is -2.39. The number of fused-ring (bicyclic) bond motifs is 1. The average molecular weight is 500 g/mol. The van der Waals surface area contributed by atoms with Gasteiger partial charge in [0.2, 0.25) is 0 Å². The third kappa shape index (κ3) is 6.39. The second-order valence-corrected chi connectivity index (χ2v) is 10.7. The van der Waals surface area contributed by atoms with E-state index in [1.165, 1.54) is 12.1 Å². The number of hydrazine groups is 1. The summed E-state index contributed by atoms with van der Waals surface area (Å²) in [5, 5.41) is 1.09. The van der Waals surface area contributed by atoms with Gasteiger partial charge in [0.1, 0.15) is 15.6 Å². The minimum Gasteiger partial charge on any atom is -0.744 e. The van der Waals surface area contributed by atoms with Crippen molar-refractivity contribution < 1.29 is 26.0 Å². The van der Waals surface area contributed by atoms with Crippen LogP contribution in [0.5, 0.6) is 0 Å². The summed E-state index contributed by atoms with van der Waals surface area (Å²) in [5.41, 5.74) is 5.73. The Morgan fingerprint density at radius 3 is 1.79 bits per heavy atom. The van der Waals surface area contributed by atoms with Crippen molar-refractivity contribution in [3.05, 3.63) is 96.1 Å². The predicted octanol–water partition coefficient (Wildman–Crippen LogP) is 3.18. The van der Waals surface area contributed by atoms with Gasteiger partial charge in [0, 0.05) is 11.5 Å². The van der Waals surface area contributed by atoms with Crippen LogP contribution >= 0.6 is 0 Å². The van der Waals surface area contributed by atoms with E-state index in [1.54, 1.807) is 36.4 Å². The number of pyridine rings is 1. The van der Waals surface area contributed by atoms with Gasteiger partial charge in [-0.1, -0.05) is 58.4 Å². The molecule has 0 saturated heterocycles. The van der Waals surface area contributed by atoms with Crippen molar-refractivity contribution in [3.63, 3.8) is 0 Å². The van der Waals surface area contributed by atoms with E-state index in [9.17, 15) is 21.4 Å². The molecule has 0 bridgehead atoms. The second-order valence-electron chi connectivity index (χ2n) is 7.65. The summed E-state index contributed by atoms with van der Waals surface area (Å²) >= 11 is 0. The Morgan fingerprint density at radius 2 is 1.24 bits per heavy atom. The molecule has 0 saturated carbocycles. The first-order valence-corrected chi connectivity index (χ1v) is 13.1. The topological polar surface area (TPSA) is 119 Å². The predicted molar refractivity (Wildman–Crippen MR) is 129 cm³/mol. The summed E-state index contributed by atoms with van der Waals surface area (Å²) in [5.74, 6) is 0.652. The molecular weight excluding hydrogens is 474 g/mol. The molecule has 178 valence electrons. The molecule has 1 aromatic heterocycles. The van der Waals surface area contributed by atoms with Gasteiger partial charge in [-0.05, 0) is 50.2 Å². The molecule has 4 aromatic rings. The fourth-order valence-electron chi connectivity index (χ4n) is 3.07. The number of nitrogens with zero attached hydrogens (tertiary/aromatic N) is 1. The Labute approximate surface area is 199 Å². The normalized spacial score (nSPS) is 11.5. The molecule has 0 aliphatic rings. The number of anilines is 1. The Kier molecular flexibility index (Phi) is 7.68. The molecule has 2 N–H and O–H groups in total. The first-order chi connectivity index (χ1) is 16.0. The highest BCUT2D eigenvalue weighted by Crippen LogP contribution is 2.13. The Bertz CT molecular complexity index is 1500. The quantitative estimate of drug-likeness (QED) is 0.247. The van der Waals surface area contributed by atoms with E-state index in [0.717, 1.165) is 22.0 Å². The Morgan fingerprint density at radius 1 is 0.706 bits per heavy atom. The van der Waals surface area contributed by atoms with Crippen LogP contribution in [0.25, 0.3) is 10.9 Å². The minimum atomic E-state index is -4.27. The third-order valence-electron chi connectivity index (χ3n) is 5.03. The van der Waals surface area contributed by atoms with Gasteiger partial charge in [-0.2, -0.15) is 5.43 Å². The highest BCUT2D eigenvalue weighted by Gasteiger charge is 2.18. The van der Waals surface area contributed by atoms with Gasteiger partial charge in [0.05, 0.1) is 16.8 Å². The molecule has 34 heavy (non-hydrogen) atoms. The van der Waals surface area contributed by atoms with E-state index in [1.807, 2.05) is 61.9 Å². The number of aryl methyl sites for hydroxylation is 3. The number of para-hydroxylation sites is 1. The molecule has 10 heteroatoms. The lowest BCUT2D eigenvalue weighted by molar-refractivity contribution is -0.630. The maximum Gasteiger partial charge on any atom is 0.293 e. The minimum absolute atomic E-state index is 0.178. The standard InChI is InChI=1S/C17H17N3O2S.C7H8O3S/c1-13-7-10-15(11-8-13)23(21,22)19-18-17-12-9-14-5-3-4-6-16(14)20(17)2;1-6-2-4-7(5-3-6)11(8,9)10/h3-12,19H,1-2H3;2-5H,1H3,(H,8,9,10). The fraction of sp³-hybridized carbons (Fsp3) is 0.125. The largest absolute Gasteiger partial charge is 0.744 e. The summed E-state index contributed by atoms with van der Waals surface area (Å²) in [6.07, 6.45) is 0. The number of hydrogen-bond donors (Lipinski definition) is 2. The summed E-state index contributed by atoms with van der Waals surface area (Å²) in [6.45, 7) is 3.73. The molecule has 0 radical (unpaired) electrons. The first-order valence-electron chi connectivity index (χ1n) is 10.2. The van der Waals surface area contributed by atoms with Crippen LogP contribution in [-0.4, -0.2) is 21.4 Å². The number of nitrogens with one attached hydrogen (secondary N) is 2. The van der Waals surface area contributed by atoms with Gasteiger partial charge in [-0.25, -0.2) is 21.4 Å². The molecule has 0 unspecified atom stereocenters. The van der Waals surface area contributed by atoms with Crippen molar-refractivity contribution in [2.45, 2.75) is 23.6 Å². The molecule has 0 aliphatic heterocycles. The van der Waals surface area contributed by atoms with E-state index in [2.05, 4.69) is 10.3 Å². The van der Waals surface area contributed by atoms with Crippen LogP contribution < -0.4 is 14.8 Å². The number of benzene rings is 3. The zero-order valence-electron chi connectivity index (χ0n) is 18.9. The van der Waals surface area contributed by atoms with Crippen LogP contribution in [0, 0.1) is 13.8 Å². The SMILES string of the molecule is Cc1ccc(S(=O)(=O)NNc2ccc3ccccc3[n+]2C)cc1.Cc1ccc(S(=O)(=O)[O-])cc1. The summed E-state index contributed by atoms with van der Waals surface area (Å²) in [7, 11) is -6.01. The maximum atomic E-state index is 12.3. The lowest BCUT2D eigenvalue weighted by atomic mass is 10.2. The van der Waals surface area contributed by atoms with Crippen molar-refractivity contribution >= 4 is 36.9 Å². The van der Waals surface area contributed by atoms with E-state index < -0.39 is 20.1 Å². The van der Waals surface area contributed by atoms with Crippen LogP contribution in [0.3, 0.4) is 0 Å². The van der Waals surface area contributed by atoms with Gasteiger partial charge in [-0.15, -0.1) is 0 Å². The molecule has 8 nitrogen and oxygen atoms in total. The van der Waals surface area contributed by atoms with Gasteiger partial charge in [-0.3, -0.25) is 0 Å². The molecule has 0 amide bonds. The van der Waals surface area contributed by atoms with Gasteiger partial charge in [0.25, 0.3) is 15.8 Å². The molecule has 0 atom stereocenters. The number of aromatic nitrogens is 1. The number of hydrogen-bond acceptors (Lipinski definition) is 6. The molecule has 0 aliphatic carbocycles. The average Bonchev–Trinajstić information content (AvgIpc) is 2.79. The van der Waals surface area contributed by atoms with Crippen molar-refractivity contribution in [1.29, 1.82) is 0 Å². The molecule has 0 spiro atoms. The van der Waals surface area contributed by atoms with E-state index >= 15 is 0 Å². The smallest absolute Gasteiger partial charge is 0.293 e. The first kappa shape index (κ1) is 25.3. The molecular formula is C24H25N3O5S2. The molecule has 4 rings (SSSR count). The number of sulfonamides is 1. The highest BCUT2D eigenvalue weighted by atomic mass is 32.2. The van der Waals surface area contributed by atoms with Crippen LogP contribution in [0.15, 0.2) is 94.7 Å². The van der Waals surface area contributed by atoms with Crippen LogP contribution in [0.2, 0.25) is 0 Å². The molecule has 1 heterocycles. The third-order valence-corrected chi connectivity index (χ3v) is 7.15. The van der Waals surface area contributed by atoms with Crippen molar-refractivity contribution in [2.75, 3.05) is 5.43 Å². The van der Waals surface area contributed by atoms with Crippen molar-refractivity contribution in [2.24, 2.45) is 7.05 Å². The van der Waals surface area contributed by atoms with Gasteiger partial charge >= 0.3 is 0 Å². The van der Waals surface area contributed by atoms with Gasteiger partial charge in [0.15, 0.2) is 0 Å².